The summed E-state index contributed by atoms with van der Waals surface area (Å²) in [7, 11) is 0. The SMILES string of the molecule is CC(C)(C)NC(=O)CNC1C2C3CCC(C3)C12. The second kappa shape index (κ2) is 3.71. The van der Waals surface area contributed by atoms with Crippen LogP contribution in [0.1, 0.15) is 40.0 Å². The summed E-state index contributed by atoms with van der Waals surface area (Å²) in [5, 5.41) is 6.47. The van der Waals surface area contributed by atoms with E-state index in [0.29, 0.717) is 12.6 Å². The summed E-state index contributed by atoms with van der Waals surface area (Å²) in [4.78, 5) is 11.7. The van der Waals surface area contributed by atoms with Gasteiger partial charge in [0, 0.05) is 11.6 Å². The van der Waals surface area contributed by atoms with E-state index in [1.807, 2.05) is 20.8 Å². The molecule has 17 heavy (non-hydrogen) atoms. The summed E-state index contributed by atoms with van der Waals surface area (Å²) in [6.45, 7) is 6.57. The first-order valence-electron chi connectivity index (χ1n) is 7.00. The van der Waals surface area contributed by atoms with Crippen molar-refractivity contribution in [1.29, 1.82) is 0 Å². The second-order valence-corrected chi connectivity index (χ2v) is 7.19. The van der Waals surface area contributed by atoms with Crippen LogP contribution < -0.4 is 10.6 Å². The zero-order valence-electron chi connectivity index (χ0n) is 11.1. The van der Waals surface area contributed by atoms with Gasteiger partial charge in [-0.2, -0.15) is 0 Å². The zero-order chi connectivity index (χ0) is 12.2. The molecule has 3 heteroatoms. The van der Waals surface area contributed by atoms with Gasteiger partial charge in [-0.05, 0) is 63.7 Å². The first-order valence-corrected chi connectivity index (χ1v) is 7.00. The fourth-order valence-electron chi connectivity index (χ4n) is 4.27. The van der Waals surface area contributed by atoms with E-state index >= 15 is 0 Å². The summed E-state index contributed by atoms with van der Waals surface area (Å²) in [5.41, 5.74) is -0.114. The molecule has 0 heterocycles. The molecule has 1 amide bonds. The van der Waals surface area contributed by atoms with Gasteiger partial charge in [0.15, 0.2) is 0 Å². The Labute approximate surface area is 104 Å². The van der Waals surface area contributed by atoms with Gasteiger partial charge in [0.25, 0.3) is 0 Å². The van der Waals surface area contributed by atoms with Crippen LogP contribution in [0, 0.1) is 23.7 Å². The summed E-state index contributed by atoms with van der Waals surface area (Å²) in [6.07, 6.45) is 4.36. The lowest BCUT2D eigenvalue weighted by atomic mass is 10.0. The topological polar surface area (TPSA) is 41.1 Å². The average Bonchev–Trinajstić information content (AvgIpc) is 2.61. The number of nitrogens with one attached hydrogen (secondary N) is 2. The molecule has 0 saturated heterocycles. The van der Waals surface area contributed by atoms with Crippen molar-refractivity contribution < 1.29 is 4.79 Å². The van der Waals surface area contributed by atoms with Crippen molar-refractivity contribution in [2.45, 2.75) is 51.6 Å². The fraction of sp³-hybridized carbons (Fsp3) is 0.929. The standard InChI is InChI=1S/C14H24N2O/c1-14(2,3)16-10(17)7-15-13-11-8-4-5-9(6-8)12(11)13/h8-9,11-13,15H,4-7H2,1-3H3,(H,16,17). The Morgan fingerprint density at radius 3 is 2.29 bits per heavy atom. The minimum atomic E-state index is -0.114. The summed E-state index contributed by atoms with van der Waals surface area (Å²) in [5.74, 6) is 3.92. The molecule has 0 aromatic rings. The third kappa shape index (κ3) is 2.10. The van der Waals surface area contributed by atoms with E-state index in [4.69, 9.17) is 0 Å². The van der Waals surface area contributed by atoms with Crippen molar-refractivity contribution in [3.8, 4) is 0 Å². The number of carbonyl (C=O) groups is 1. The Morgan fingerprint density at radius 2 is 1.76 bits per heavy atom. The molecule has 4 unspecified atom stereocenters. The maximum Gasteiger partial charge on any atom is 0.234 e. The van der Waals surface area contributed by atoms with Gasteiger partial charge in [-0.15, -0.1) is 0 Å². The molecule has 0 aromatic carbocycles. The van der Waals surface area contributed by atoms with E-state index in [1.165, 1.54) is 19.3 Å². The Bertz CT molecular complexity index is 318. The molecule has 3 saturated carbocycles. The molecule has 2 bridgehead atoms. The third-order valence-corrected chi connectivity index (χ3v) is 4.75. The molecule has 2 N–H and O–H groups in total. The van der Waals surface area contributed by atoms with E-state index in [9.17, 15) is 4.79 Å². The highest BCUT2D eigenvalue weighted by Crippen LogP contribution is 2.65. The van der Waals surface area contributed by atoms with Crippen LogP contribution in [0.3, 0.4) is 0 Å². The molecular weight excluding hydrogens is 212 g/mol. The van der Waals surface area contributed by atoms with Gasteiger partial charge in [-0.25, -0.2) is 0 Å². The Kier molecular flexibility index (Phi) is 2.51. The molecule has 3 nitrogen and oxygen atoms in total. The Morgan fingerprint density at radius 1 is 1.18 bits per heavy atom. The van der Waals surface area contributed by atoms with Crippen LogP contribution in [-0.4, -0.2) is 24.0 Å². The van der Waals surface area contributed by atoms with Gasteiger partial charge in [0.1, 0.15) is 0 Å². The largest absolute Gasteiger partial charge is 0.350 e. The monoisotopic (exact) mass is 236 g/mol. The highest BCUT2D eigenvalue weighted by molar-refractivity contribution is 5.78. The minimum absolute atomic E-state index is 0.114. The highest BCUT2D eigenvalue weighted by Gasteiger charge is 2.64. The van der Waals surface area contributed by atoms with Crippen LogP contribution >= 0.6 is 0 Å². The number of amides is 1. The van der Waals surface area contributed by atoms with Crippen molar-refractivity contribution >= 4 is 5.91 Å². The van der Waals surface area contributed by atoms with E-state index < -0.39 is 0 Å². The third-order valence-electron chi connectivity index (χ3n) is 4.75. The Hall–Kier alpha value is -0.570. The Balaban J connectivity index is 1.44. The van der Waals surface area contributed by atoms with E-state index in [1.54, 1.807) is 0 Å². The molecular formula is C14H24N2O. The molecule has 3 fully saturated rings. The highest BCUT2D eigenvalue weighted by atomic mass is 16.2. The van der Waals surface area contributed by atoms with Gasteiger partial charge in [0.05, 0.1) is 6.54 Å². The van der Waals surface area contributed by atoms with Crippen molar-refractivity contribution in [3.63, 3.8) is 0 Å². The lowest BCUT2D eigenvalue weighted by Crippen LogP contribution is -2.45. The lowest BCUT2D eigenvalue weighted by molar-refractivity contribution is -0.121. The van der Waals surface area contributed by atoms with Crippen LogP contribution in [0.5, 0.6) is 0 Å². The maximum absolute atomic E-state index is 11.7. The van der Waals surface area contributed by atoms with Gasteiger partial charge in [-0.1, -0.05) is 0 Å². The quantitative estimate of drug-likeness (QED) is 0.780. The average molecular weight is 236 g/mol. The normalized spacial score (nSPS) is 42.4. The molecule has 3 rings (SSSR count). The van der Waals surface area contributed by atoms with Crippen LogP contribution in [0.25, 0.3) is 0 Å². The van der Waals surface area contributed by atoms with Gasteiger partial charge in [0.2, 0.25) is 5.91 Å². The van der Waals surface area contributed by atoms with Crippen LogP contribution in [0.4, 0.5) is 0 Å². The number of rotatable bonds is 3. The van der Waals surface area contributed by atoms with Crippen LogP contribution in [0.2, 0.25) is 0 Å². The molecule has 0 aromatic heterocycles. The minimum Gasteiger partial charge on any atom is -0.350 e. The van der Waals surface area contributed by atoms with Gasteiger partial charge in [-0.3, -0.25) is 4.79 Å². The number of carbonyl (C=O) groups excluding carboxylic acids is 1. The molecule has 4 atom stereocenters. The fourth-order valence-corrected chi connectivity index (χ4v) is 4.27. The van der Waals surface area contributed by atoms with Crippen molar-refractivity contribution in [2.24, 2.45) is 23.7 Å². The predicted molar refractivity (Wildman–Crippen MR) is 67.5 cm³/mol. The summed E-state index contributed by atoms with van der Waals surface area (Å²) >= 11 is 0. The maximum atomic E-state index is 11.7. The molecule has 3 aliphatic rings. The summed E-state index contributed by atoms with van der Waals surface area (Å²) < 4.78 is 0. The second-order valence-electron chi connectivity index (χ2n) is 7.19. The number of fused-ring (bicyclic) bond motifs is 5. The van der Waals surface area contributed by atoms with E-state index in [-0.39, 0.29) is 11.4 Å². The predicted octanol–water partition coefficient (Wildman–Crippen LogP) is 1.54. The van der Waals surface area contributed by atoms with Gasteiger partial charge >= 0.3 is 0 Å². The first-order chi connectivity index (χ1) is 7.96. The van der Waals surface area contributed by atoms with E-state index in [0.717, 1.165) is 23.7 Å². The number of hydrogen-bond acceptors (Lipinski definition) is 2. The molecule has 96 valence electrons. The van der Waals surface area contributed by atoms with Crippen molar-refractivity contribution in [2.75, 3.05) is 6.54 Å². The molecule has 0 aliphatic heterocycles. The van der Waals surface area contributed by atoms with Gasteiger partial charge < -0.3 is 10.6 Å². The van der Waals surface area contributed by atoms with Crippen LogP contribution in [0.15, 0.2) is 0 Å². The summed E-state index contributed by atoms with van der Waals surface area (Å²) in [6, 6.07) is 0.659. The van der Waals surface area contributed by atoms with Crippen molar-refractivity contribution in [1.82, 2.24) is 10.6 Å². The smallest absolute Gasteiger partial charge is 0.234 e. The number of hydrogen-bond donors (Lipinski definition) is 2. The molecule has 3 aliphatic carbocycles. The lowest BCUT2D eigenvalue weighted by Gasteiger charge is -2.21. The molecule has 0 radical (unpaired) electrons. The molecule has 0 spiro atoms. The zero-order valence-corrected chi connectivity index (χ0v) is 11.1. The van der Waals surface area contributed by atoms with Crippen molar-refractivity contribution in [3.05, 3.63) is 0 Å². The van der Waals surface area contributed by atoms with E-state index in [2.05, 4.69) is 10.6 Å². The van der Waals surface area contributed by atoms with Crippen LogP contribution in [-0.2, 0) is 4.79 Å². The first kappa shape index (κ1) is 11.5.